The molecule has 0 radical (unpaired) electrons. The average Bonchev–Trinajstić information content (AvgIpc) is 3.34. The van der Waals surface area contributed by atoms with Crippen LogP contribution in [0.2, 0.25) is 0 Å². The van der Waals surface area contributed by atoms with Crippen molar-refractivity contribution in [1.29, 1.82) is 0 Å². The van der Waals surface area contributed by atoms with E-state index in [2.05, 4.69) is 0 Å². The summed E-state index contributed by atoms with van der Waals surface area (Å²) in [4.78, 5) is 25.8. The Balaban J connectivity index is 1.84. The first-order chi connectivity index (χ1) is 12.2. The zero-order valence-electron chi connectivity index (χ0n) is 15.0. The van der Waals surface area contributed by atoms with Crippen molar-refractivity contribution in [1.82, 2.24) is 4.90 Å². The van der Waals surface area contributed by atoms with Crippen LogP contribution in [0.1, 0.15) is 42.1 Å². The Morgan fingerprint density at radius 3 is 2.54 bits per heavy atom. The minimum Gasteiger partial charge on any atom is -0.481 e. The van der Waals surface area contributed by atoms with Gasteiger partial charge >= 0.3 is 5.97 Å². The van der Waals surface area contributed by atoms with Crippen molar-refractivity contribution in [2.24, 2.45) is 5.92 Å². The summed E-state index contributed by atoms with van der Waals surface area (Å²) in [5.74, 6) is -1.59. The number of anilines is 1. The fourth-order valence-electron chi connectivity index (χ4n) is 3.28. The third kappa shape index (κ3) is 3.70. The van der Waals surface area contributed by atoms with Gasteiger partial charge in [-0.15, -0.1) is 0 Å². The van der Waals surface area contributed by atoms with E-state index < -0.39 is 21.9 Å². The number of carboxylic acids is 1. The van der Waals surface area contributed by atoms with E-state index >= 15 is 0 Å². The van der Waals surface area contributed by atoms with Crippen LogP contribution in [0.5, 0.6) is 0 Å². The molecule has 2 fully saturated rings. The highest BCUT2D eigenvalue weighted by Crippen LogP contribution is 2.31. The molecule has 1 unspecified atom stereocenters. The molecular weight excluding hydrogens is 356 g/mol. The fourth-order valence-corrected chi connectivity index (χ4v) is 4.84. The molecule has 142 valence electrons. The highest BCUT2D eigenvalue weighted by molar-refractivity contribution is 7.93. The lowest BCUT2D eigenvalue weighted by atomic mass is 10.0. The van der Waals surface area contributed by atoms with Crippen LogP contribution in [-0.2, 0) is 14.8 Å². The maximum absolute atomic E-state index is 13.0. The Bertz CT molecular complexity index is 832. The van der Waals surface area contributed by atoms with Crippen LogP contribution in [0.3, 0.4) is 0 Å². The van der Waals surface area contributed by atoms with Gasteiger partial charge in [0.2, 0.25) is 10.0 Å². The normalized spacial score (nSPS) is 20.0. The molecule has 7 nitrogen and oxygen atoms in total. The molecule has 26 heavy (non-hydrogen) atoms. The van der Waals surface area contributed by atoms with Gasteiger partial charge in [-0.3, -0.25) is 13.9 Å². The fraction of sp³-hybridized carbons (Fsp3) is 0.556. The number of aryl methyl sites for hydroxylation is 1. The van der Waals surface area contributed by atoms with Crippen molar-refractivity contribution < 1.29 is 23.1 Å². The zero-order valence-corrected chi connectivity index (χ0v) is 15.8. The quantitative estimate of drug-likeness (QED) is 0.813. The van der Waals surface area contributed by atoms with Gasteiger partial charge in [0.05, 0.1) is 17.4 Å². The van der Waals surface area contributed by atoms with Crippen LogP contribution in [0, 0.1) is 12.8 Å². The van der Waals surface area contributed by atoms with E-state index in [0.717, 1.165) is 12.8 Å². The summed E-state index contributed by atoms with van der Waals surface area (Å²) in [5.41, 5.74) is 1.77. The molecule has 0 bridgehead atoms. The second-order valence-corrected chi connectivity index (χ2v) is 9.18. The number of benzene rings is 1. The summed E-state index contributed by atoms with van der Waals surface area (Å²) < 4.78 is 25.5. The second-order valence-electron chi connectivity index (χ2n) is 7.17. The molecule has 1 N–H and O–H groups in total. The second kappa shape index (κ2) is 6.90. The number of rotatable bonds is 6. The molecule has 0 spiro atoms. The summed E-state index contributed by atoms with van der Waals surface area (Å²) >= 11 is 0. The first-order valence-electron chi connectivity index (χ1n) is 8.85. The van der Waals surface area contributed by atoms with Gasteiger partial charge in [-0.25, -0.2) is 8.42 Å². The smallest absolute Gasteiger partial charge is 0.308 e. The number of aliphatic carboxylic acids is 1. The van der Waals surface area contributed by atoms with Crippen LogP contribution in [0.25, 0.3) is 0 Å². The summed E-state index contributed by atoms with van der Waals surface area (Å²) in [5, 5.41) is 9.15. The van der Waals surface area contributed by atoms with E-state index in [4.69, 9.17) is 5.11 Å². The van der Waals surface area contributed by atoms with E-state index in [1.807, 2.05) is 0 Å². The molecule has 1 amide bonds. The Kier molecular flexibility index (Phi) is 4.96. The van der Waals surface area contributed by atoms with Crippen molar-refractivity contribution in [3.8, 4) is 0 Å². The third-order valence-corrected chi connectivity index (χ3v) is 6.84. The summed E-state index contributed by atoms with van der Waals surface area (Å²) in [6.07, 6.45) is 2.38. The lowest BCUT2D eigenvalue weighted by Gasteiger charge is -2.26. The van der Waals surface area contributed by atoms with Crippen molar-refractivity contribution >= 4 is 27.6 Å². The van der Waals surface area contributed by atoms with Gasteiger partial charge in [0, 0.05) is 24.7 Å². The number of hydrogen-bond donors (Lipinski definition) is 1. The zero-order chi connectivity index (χ0) is 19.1. The van der Waals surface area contributed by atoms with Gasteiger partial charge in [-0.2, -0.15) is 0 Å². The molecule has 1 aromatic rings. The number of hydrogen-bond acceptors (Lipinski definition) is 4. The van der Waals surface area contributed by atoms with Crippen molar-refractivity contribution in [3.05, 3.63) is 29.3 Å². The van der Waals surface area contributed by atoms with Crippen molar-refractivity contribution in [2.45, 2.75) is 39.2 Å². The van der Waals surface area contributed by atoms with Crippen LogP contribution in [0.4, 0.5) is 5.69 Å². The van der Waals surface area contributed by atoms with Gasteiger partial charge in [-0.1, -0.05) is 6.92 Å². The SMILES string of the molecule is Cc1cc(N2CCCS2(=O)=O)ccc1C(=O)N(CC(C)C(=O)O)C1CC1. The number of amides is 1. The van der Waals surface area contributed by atoms with Gasteiger partial charge in [0.1, 0.15) is 0 Å². The van der Waals surface area contributed by atoms with Crippen LogP contribution in [-0.4, -0.2) is 55.2 Å². The molecule has 1 heterocycles. The molecule has 1 saturated carbocycles. The molecule has 1 aromatic carbocycles. The van der Waals surface area contributed by atoms with E-state index in [1.54, 1.807) is 36.9 Å². The maximum Gasteiger partial charge on any atom is 0.308 e. The molecular formula is C18H24N2O5S. The van der Waals surface area contributed by atoms with Crippen LogP contribution < -0.4 is 4.31 Å². The van der Waals surface area contributed by atoms with Crippen LogP contribution >= 0.6 is 0 Å². The Morgan fingerprint density at radius 2 is 2.04 bits per heavy atom. The molecule has 1 saturated heterocycles. The number of sulfonamides is 1. The highest BCUT2D eigenvalue weighted by atomic mass is 32.2. The molecule has 1 aliphatic carbocycles. The highest BCUT2D eigenvalue weighted by Gasteiger charge is 2.36. The number of carbonyl (C=O) groups is 2. The number of nitrogens with zero attached hydrogens (tertiary/aromatic N) is 2. The van der Waals surface area contributed by atoms with Crippen molar-refractivity contribution in [2.75, 3.05) is 23.1 Å². The Hall–Kier alpha value is -2.09. The molecule has 0 aromatic heterocycles. The monoisotopic (exact) mass is 380 g/mol. The molecule has 8 heteroatoms. The van der Waals surface area contributed by atoms with E-state index in [1.165, 1.54) is 4.31 Å². The topological polar surface area (TPSA) is 95.0 Å². The molecule has 1 atom stereocenters. The molecule has 2 aliphatic rings. The summed E-state index contributed by atoms with van der Waals surface area (Å²) in [6.45, 7) is 4.02. The maximum atomic E-state index is 13.0. The lowest BCUT2D eigenvalue weighted by Crippen LogP contribution is -2.39. The standard InChI is InChI=1S/C18H24N2O5S/c1-12-10-15(20-8-3-9-26(20,24)25)6-7-16(12)17(21)19(14-4-5-14)11-13(2)18(22)23/h6-7,10,13-14H,3-5,8-9,11H2,1-2H3,(H,22,23). The van der Waals surface area contributed by atoms with Crippen LogP contribution in [0.15, 0.2) is 18.2 Å². The molecule has 3 rings (SSSR count). The lowest BCUT2D eigenvalue weighted by molar-refractivity contribution is -0.141. The first kappa shape index (κ1) is 18.7. The van der Waals surface area contributed by atoms with E-state index in [0.29, 0.717) is 29.8 Å². The predicted octanol–water partition coefficient (Wildman–Crippen LogP) is 1.86. The largest absolute Gasteiger partial charge is 0.481 e. The minimum absolute atomic E-state index is 0.0994. The predicted molar refractivity (Wildman–Crippen MR) is 97.8 cm³/mol. The Morgan fingerprint density at radius 1 is 1.35 bits per heavy atom. The number of carboxylic acid groups (broad SMARTS) is 1. The minimum atomic E-state index is -3.26. The summed E-state index contributed by atoms with van der Waals surface area (Å²) in [6, 6.07) is 5.14. The van der Waals surface area contributed by atoms with Gasteiger partial charge in [0.25, 0.3) is 5.91 Å². The Labute approximate surface area is 153 Å². The number of carbonyl (C=O) groups excluding carboxylic acids is 1. The van der Waals surface area contributed by atoms with Gasteiger partial charge < -0.3 is 10.0 Å². The van der Waals surface area contributed by atoms with Gasteiger partial charge in [0.15, 0.2) is 0 Å². The first-order valence-corrected chi connectivity index (χ1v) is 10.5. The molecule has 1 aliphatic heterocycles. The third-order valence-electron chi connectivity index (χ3n) is 4.97. The van der Waals surface area contributed by atoms with E-state index in [9.17, 15) is 18.0 Å². The average molecular weight is 380 g/mol. The van der Waals surface area contributed by atoms with Gasteiger partial charge in [-0.05, 0) is 49.9 Å². The van der Waals surface area contributed by atoms with E-state index in [-0.39, 0.29) is 24.2 Å². The van der Waals surface area contributed by atoms with Crippen molar-refractivity contribution in [3.63, 3.8) is 0 Å². The summed E-state index contributed by atoms with van der Waals surface area (Å²) in [7, 11) is -3.26.